The number of ether oxygens (including phenoxy) is 3. The number of sulfonamides is 1. The van der Waals surface area contributed by atoms with E-state index >= 15 is 0 Å². The van der Waals surface area contributed by atoms with Gasteiger partial charge in [0.15, 0.2) is 11.5 Å². The maximum atomic E-state index is 12.4. The Bertz CT molecular complexity index is 1050. The predicted octanol–water partition coefficient (Wildman–Crippen LogP) is 2.37. The number of rotatable bonds is 6. The smallest absolute Gasteiger partial charge is 0.248 e. The van der Waals surface area contributed by atoms with E-state index in [0.29, 0.717) is 30.5 Å². The summed E-state index contributed by atoms with van der Waals surface area (Å²) in [5.41, 5.74) is 1.02. The van der Waals surface area contributed by atoms with Crippen LogP contribution in [0.5, 0.6) is 17.2 Å². The highest BCUT2D eigenvalue weighted by Gasteiger charge is 2.19. The standard InChI is InChI=1S/C20H22N2O6S/c1-22(2)29(24,25)15-6-8-17(26-3)16(13-15)21-20(23)9-5-14-4-7-18-19(12-14)28-11-10-27-18/h4-9,12-13H,10-11H2,1-3H3,(H,21,23)/b9-5+. The Hall–Kier alpha value is -3.04. The summed E-state index contributed by atoms with van der Waals surface area (Å²) in [6.45, 7) is 0.988. The van der Waals surface area contributed by atoms with Crippen molar-refractivity contribution < 1.29 is 27.4 Å². The van der Waals surface area contributed by atoms with Crippen molar-refractivity contribution in [2.24, 2.45) is 0 Å². The summed E-state index contributed by atoms with van der Waals surface area (Å²) in [5, 5.41) is 2.66. The number of anilines is 1. The minimum atomic E-state index is -3.64. The molecule has 0 aliphatic carbocycles. The Balaban J connectivity index is 1.78. The molecule has 2 aromatic rings. The van der Waals surface area contributed by atoms with Crippen LogP contribution in [0.15, 0.2) is 47.4 Å². The summed E-state index contributed by atoms with van der Waals surface area (Å²) in [6, 6.07) is 9.66. The lowest BCUT2D eigenvalue weighted by molar-refractivity contribution is -0.111. The van der Waals surface area contributed by atoms with Crippen LogP contribution in [0.25, 0.3) is 6.08 Å². The van der Waals surface area contributed by atoms with Gasteiger partial charge < -0.3 is 19.5 Å². The van der Waals surface area contributed by atoms with Gasteiger partial charge in [0.25, 0.3) is 0 Å². The van der Waals surface area contributed by atoms with Crippen molar-refractivity contribution in [3.05, 3.63) is 48.0 Å². The summed E-state index contributed by atoms with van der Waals surface area (Å²) in [4.78, 5) is 12.4. The molecule has 0 radical (unpaired) electrons. The number of nitrogens with zero attached hydrogens (tertiary/aromatic N) is 1. The van der Waals surface area contributed by atoms with Gasteiger partial charge in [-0.15, -0.1) is 0 Å². The third-order valence-electron chi connectivity index (χ3n) is 4.20. The molecule has 2 aromatic carbocycles. The molecule has 1 heterocycles. The molecule has 0 unspecified atom stereocenters. The van der Waals surface area contributed by atoms with Crippen LogP contribution in [-0.4, -0.2) is 53.0 Å². The quantitative estimate of drug-likeness (QED) is 0.724. The second kappa shape index (κ2) is 8.54. The maximum Gasteiger partial charge on any atom is 0.248 e. The molecule has 0 fully saturated rings. The molecule has 1 aliphatic heterocycles. The van der Waals surface area contributed by atoms with Gasteiger partial charge in [0, 0.05) is 20.2 Å². The fourth-order valence-electron chi connectivity index (χ4n) is 2.67. The molecule has 8 nitrogen and oxygen atoms in total. The minimum Gasteiger partial charge on any atom is -0.495 e. The van der Waals surface area contributed by atoms with Crippen molar-refractivity contribution in [2.75, 3.05) is 39.7 Å². The van der Waals surface area contributed by atoms with Gasteiger partial charge in [-0.25, -0.2) is 12.7 Å². The maximum absolute atomic E-state index is 12.4. The normalized spacial score (nSPS) is 13.5. The number of carbonyl (C=O) groups excluding carboxylic acids is 1. The van der Waals surface area contributed by atoms with Crippen molar-refractivity contribution in [3.8, 4) is 17.2 Å². The molecule has 3 rings (SSSR count). The minimum absolute atomic E-state index is 0.0504. The van der Waals surface area contributed by atoms with Crippen LogP contribution >= 0.6 is 0 Å². The third kappa shape index (κ3) is 4.69. The van der Waals surface area contributed by atoms with E-state index in [1.165, 1.54) is 45.5 Å². The monoisotopic (exact) mass is 418 g/mol. The second-order valence-corrected chi connectivity index (χ2v) is 8.53. The zero-order chi connectivity index (χ0) is 21.0. The van der Waals surface area contributed by atoms with E-state index in [1.54, 1.807) is 18.2 Å². The Kier molecular flexibility index (Phi) is 6.09. The Morgan fingerprint density at radius 2 is 1.83 bits per heavy atom. The number of carbonyl (C=O) groups is 1. The topological polar surface area (TPSA) is 94.2 Å². The first-order valence-corrected chi connectivity index (χ1v) is 10.2. The van der Waals surface area contributed by atoms with Crippen molar-refractivity contribution in [2.45, 2.75) is 4.90 Å². The van der Waals surface area contributed by atoms with E-state index < -0.39 is 15.9 Å². The van der Waals surface area contributed by atoms with Gasteiger partial charge in [-0.3, -0.25) is 4.79 Å². The van der Waals surface area contributed by atoms with Crippen molar-refractivity contribution in [1.29, 1.82) is 0 Å². The van der Waals surface area contributed by atoms with Gasteiger partial charge in [-0.2, -0.15) is 0 Å². The van der Waals surface area contributed by atoms with Crippen LogP contribution in [0, 0.1) is 0 Å². The van der Waals surface area contributed by atoms with E-state index in [2.05, 4.69) is 5.32 Å². The second-order valence-electron chi connectivity index (χ2n) is 6.38. The van der Waals surface area contributed by atoms with Gasteiger partial charge >= 0.3 is 0 Å². The van der Waals surface area contributed by atoms with Gasteiger partial charge in [0.2, 0.25) is 15.9 Å². The van der Waals surface area contributed by atoms with Crippen LogP contribution < -0.4 is 19.5 Å². The van der Waals surface area contributed by atoms with Gasteiger partial charge in [0.1, 0.15) is 19.0 Å². The molecule has 0 saturated heterocycles. The highest BCUT2D eigenvalue weighted by Crippen LogP contribution is 2.31. The van der Waals surface area contributed by atoms with Gasteiger partial charge in [-0.1, -0.05) is 6.07 Å². The van der Waals surface area contributed by atoms with Crippen molar-refractivity contribution in [1.82, 2.24) is 4.31 Å². The van der Waals surface area contributed by atoms with E-state index in [-0.39, 0.29) is 10.6 Å². The van der Waals surface area contributed by atoms with E-state index in [0.717, 1.165) is 9.87 Å². The van der Waals surface area contributed by atoms with Crippen molar-refractivity contribution >= 4 is 27.7 Å². The lowest BCUT2D eigenvalue weighted by Crippen LogP contribution is -2.22. The molecule has 0 saturated carbocycles. The molecule has 0 bridgehead atoms. The molecule has 154 valence electrons. The molecule has 1 aliphatic rings. The number of hydrogen-bond donors (Lipinski definition) is 1. The molecule has 0 spiro atoms. The number of fused-ring (bicyclic) bond motifs is 1. The first kappa shape index (κ1) is 20.7. The van der Waals surface area contributed by atoms with E-state index in [9.17, 15) is 13.2 Å². The SMILES string of the molecule is COc1ccc(S(=O)(=O)N(C)C)cc1NC(=O)/C=C/c1ccc2c(c1)OCCO2. The zero-order valence-electron chi connectivity index (χ0n) is 16.3. The highest BCUT2D eigenvalue weighted by atomic mass is 32.2. The lowest BCUT2D eigenvalue weighted by Gasteiger charge is -2.18. The van der Waals surface area contributed by atoms with Gasteiger partial charge in [-0.05, 0) is 42.0 Å². The molecular weight excluding hydrogens is 396 g/mol. The molecule has 1 N–H and O–H groups in total. The number of benzene rings is 2. The van der Waals surface area contributed by atoms with E-state index in [4.69, 9.17) is 14.2 Å². The number of hydrogen-bond acceptors (Lipinski definition) is 6. The number of nitrogens with one attached hydrogen (secondary N) is 1. The highest BCUT2D eigenvalue weighted by molar-refractivity contribution is 7.89. The average molecular weight is 418 g/mol. The summed E-state index contributed by atoms with van der Waals surface area (Å²) < 4.78 is 42.0. The number of amides is 1. The molecule has 29 heavy (non-hydrogen) atoms. The molecular formula is C20H22N2O6S. The summed E-state index contributed by atoms with van der Waals surface area (Å²) in [5.74, 6) is 1.21. The Morgan fingerprint density at radius 1 is 1.10 bits per heavy atom. The molecule has 0 aromatic heterocycles. The average Bonchev–Trinajstić information content (AvgIpc) is 2.72. The Labute approximate surface area is 169 Å². The van der Waals surface area contributed by atoms with Crippen molar-refractivity contribution in [3.63, 3.8) is 0 Å². The first-order chi connectivity index (χ1) is 13.8. The first-order valence-electron chi connectivity index (χ1n) is 8.80. The number of methoxy groups -OCH3 is 1. The van der Waals surface area contributed by atoms with Crippen LogP contribution in [0.2, 0.25) is 0 Å². The predicted molar refractivity (Wildman–Crippen MR) is 109 cm³/mol. The summed E-state index contributed by atoms with van der Waals surface area (Å²) in [7, 11) is 0.676. The third-order valence-corrected chi connectivity index (χ3v) is 6.01. The summed E-state index contributed by atoms with van der Waals surface area (Å²) >= 11 is 0. The van der Waals surface area contributed by atoms with Crippen LogP contribution in [-0.2, 0) is 14.8 Å². The van der Waals surface area contributed by atoms with E-state index in [1.807, 2.05) is 6.07 Å². The fraction of sp³-hybridized carbons (Fsp3) is 0.250. The fourth-order valence-corrected chi connectivity index (χ4v) is 3.59. The largest absolute Gasteiger partial charge is 0.495 e. The Morgan fingerprint density at radius 3 is 2.52 bits per heavy atom. The lowest BCUT2D eigenvalue weighted by atomic mass is 10.2. The van der Waals surface area contributed by atoms with Crippen LogP contribution in [0.1, 0.15) is 5.56 Å². The zero-order valence-corrected chi connectivity index (χ0v) is 17.2. The molecule has 0 atom stereocenters. The molecule has 1 amide bonds. The summed E-state index contributed by atoms with van der Waals surface area (Å²) in [6.07, 6.45) is 2.97. The van der Waals surface area contributed by atoms with Gasteiger partial charge in [0.05, 0.1) is 17.7 Å². The molecule has 9 heteroatoms. The van der Waals surface area contributed by atoms with Crippen LogP contribution in [0.3, 0.4) is 0 Å². The van der Waals surface area contributed by atoms with Crippen LogP contribution in [0.4, 0.5) is 5.69 Å².